The third-order valence-electron chi connectivity index (χ3n) is 5.46. The number of ketones is 1. The predicted octanol–water partition coefficient (Wildman–Crippen LogP) is 4.92. The molecule has 1 atom stereocenters. The van der Waals surface area contributed by atoms with Gasteiger partial charge in [-0.3, -0.25) is 9.69 Å². The van der Waals surface area contributed by atoms with Gasteiger partial charge in [0, 0.05) is 42.5 Å². The molecule has 28 heavy (non-hydrogen) atoms. The molecule has 0 radical (unpaired) electrons. The second-order valence-corrected chi connectivity index (χ2v) is 8.52. The van der Waals surface area contributed by atoms with Crippen LogP contribution in [-0.2, 0) is 6.54 Å². The van der Waals surface area contributed by atoms with Gasteiger partial charge in [0.05, 0.1) is 4.88 Å². The Hall–Kier alpha value is -2.37. The van der Waals surface area contributed by atoms with E-state index in [2.05, 4.69) is 33.9 Å². The topological polar surface area (TPSA) is 46.1 Å². The molecule has 1 aromatic carbocycles. The average molecular weight is 392 g/mol. The fourth-order valence-electron chi connectivity index (χ4n) is 3.88. The summed E-state index contributed by atoms with van der Waals surface area (Å²) in [6.45, 7) is 6.73. The quantitative estimate of drug-likeness (QED) is 0.579. The maximum absolute atomic E-state index is 12.9. The first-order chi connectivity index (χ1) is 13.6. The molecule has 0 amide bonds. The Morgan fingerprint density at radius 3 is 2.64 bits per heavy atom. The number of carbonyl (C=O) groups is 1. The molecular weight excluding hydrogens is 366 g/mol. The van der Waals surface area contributed by atoms with Crippen molar-refractivity contribution in [1.82, 2.24) is 14.9 Å². The lowest BCUT2D eigenvalue weighted by molar-refractivity contribution is 0.0815. The number of hydrogen-bond acceptors (Lipinski definition) is 5. The highest BCUT2D eigenvalue weighted by molar-refractivity contribution is 7.12. The summed E-state index contributed by atoms with van der Waals surface area (Å²) in [4.78, 5) is 25.3. The van der Waals surface area contributed by atoms with Gasteiger partial charge in [0.1, 0.15) is 0 Å². The van der Waals surface area contributed by atoms with Gasteiger partial charge in [0.2, 0.25) is 0 Å². The minimum atomic E-state index is 0.0956. The first kappa shape index (κ1) is 19.0. The van der Waals surface area contributed by atoms with Crippen LogP contribution < -0.4 is 0 Å². The average Bonchev–Trinajstić information content (AvgIpc) is 3.15. The smallest absolute Gasteiger partial charge is 0.177 e. The van der Waals surface area contributed by atoms with Crippen molar-refractivity contribution in [1.29, 1.82) is 0 Å². The van der Waals surface area contributed by atoms with E-state index in [1.807, 2.05) is 42.9 Å². The number of aromatic nitrogens is 2. The largest absolute Gasteiger partial charge is 0.298 e. The van der Waals surface area contributed by atoms with Gasteiger partial charge in [-0.15, -0.1) is 11.3 Å². The molecule has 3 heterocycles. The summed E-state index contributed by atoms with van der Waals surface area (Å²) in [5, 5.41) is 2.01. The first-order valence-corrected chi connectivity index (χ1v) is 10.7. The molecule has 1 fully saturated rings. The van der Waals surface area contributed by atoms with Crippen LogP contribution in [0.3, 0.4) is 0 Å². The molecule has 1 aliphatic rings. The van der Waals surface area contributed by atoms with Crippen LogP contribution in [0.5, 0.6) is 0 Å². The summed E-state index contributed by atoms with van der Waals surface area (Å²) in [6, 6.07) is 10.2. The minimum Gasteiger partial charge on any atom is -0.298 e. The van der Waals surface area contributed by atoms with Gasteiger partial charge < -0.3 is 0 Å². The highest BCUT2D eigenvalue weighted by Crippen LogP contribution is 2.26. The highest BCUT2D eigenvalue weighted by Gasteiger charge is 2.28. The van der Waals surface area contributed by atoms with Gasteiger partial charge in [0.25, 0.3) is 0 Å². The Labute approximate surface area is 170 Å². The molecule has 1 aliphatic heterocycles. The number of aryl methyl sites for hydroxylation is 2. The molecule has 2 aromatic heterocycles. The molecule has 4 rings (SSSR count). The van der Waals surface area contributed by atoms with E-state index in [-0.39, 0.29) is 5.92 Å². The van der Waals surface area contributed by atoms with Crippen molar-refractivity contribution in [2.45, 2.75) is 33.2 Å². The van der Waals surface area contributed by atoms with Gasteiger partial charge >= 0.3 is 0 Å². The summed E-state index contributed by atoms with van der Waals surface area (Å²) < 4.78 is 0. The van der Waals surface area contributed by atoms with Gasteiger partial charge in [-0.1, -0.05) is 24.3 Å². The van der Waals surface area contributed by atoms with Gasteiger partial charge in [-0.05, 0) is 55.8 Å². The maximum Gasteiger partial charge on any atom is 0.177 e. The number of carbonyl (C=O) groups excluding carboxylic acids is 1. The molecule has 144 valence electrons. The molecule has 1 saturated heterocycles. The zero-order valence-corrected chi connectivity index (χ0v) is 17.2. The van der Waals surface area contributed by atoms with Crippen molar-refractivity contribution in [3.63, 3.8) is 0 Å². The molecule has 5 heteroatoms. The van der Waals surface area contributed by atoms with E-state index in [4.69, 9.17) is 0 Å². The molecule has 0 saturated carbocycles. The summed E-state index contributed by atoms with van der Waals surface area (Å²) in [5.41, 5.74) is 4.45. The first-order valence-electron chi connectivity index (χ1n) is 9.79. The second-order valence-electron chi connectivity index (χ2n) is 7.60. The zero-order valence-electron chi connectivity index (χ0n) is 16.4. The van der Waals surface area contributed by atoms with Gasteiger partial charge in [-0.25, -0.2) is 9.97 Å². The monoisotopic (exact) mass is 391 g/mol. The molecular formula is C23H25N3OS. The van der Waals surface area contributed by atoms with Crippen LogP contribution in [-0.4, -0.2) is 33.7 Å². The molecule has 1 unspecified atom stereocenters. The number of benzene rings is 1. The summed E-state index contributed by atoms with van der Waals surface area (Å²) in [7, 11) is 0. The zero-order chi connectivity index (χ0) is 19.5. The summed E-state index contributed by atoms with van der Waals surface area (Å²) in [5.74, 6) is 1.17. The summed E-state index contributed by atoms with van der Waals surface area (Å²) >= 11 is 1.57. The Kier molecular flexibility index (Phi) is 5.64. The third-order valence-corrected chi connectivity index (χ3v) is 6.49. The van der Waals surface area contributed by atoms with Crippen molar-refractivity contribution in [2.24, 2.45) is 5.92 Å². The van der Waals surface area contributed by atoms with Crippen LogP contribution in [0.15, 0.2) is 48.1 Å². The van der Waals surface area contributed by atoms with Crippen molar-refractivity contribution in [3.8, 4) is 11.4 Å². The summed E-state index contributed by atoms with van der Waals surface area (Å²) in [6.07, 6.45) is 5.88. The van der Waals surface area contributed by atoms with Crippen molar-refractivity contribution < 1.29 is 4.79 Å². The van der Waals surface area contributed by atoms with Gasteiger partial charge in [0.15, 0.2) is 11.6 Å². The van der Waals surface area contributed by atoms with E-state index < -0.39 is 0 Å². The Morgan fingerprint density at radius 2 is 1.93 bits per heavy atom. The maximum atomic E-state index is 12.9. The normalized spacial score (nSPS) is 17.6. The molecule has 0 bridgehead atoms. The van der Waals surface area contributed by atoms with E-state index in [0.29, 0.717) is 5.78 Å². The number of Topliss-reactive ketones (excluding diaryl/α,β-unsaturated/α-hetero) is 1. The van der Waals surface area contributed by atoms with Crippen LogP contribution in [0.25, 0.3) is 11.4 Å². The SMILES string of the molecule is Cc1ccccc1-c1ncc(CN2CCCC(C(=O)c3sccc3C)C2)cn1. The Bertz CT molecular complexity index is 964. The second kappa shape index (κ2) is 8.33. The minimum absolute atomic E-state index is 0.0956. The van der Waals surface area contributed by atoms with E-state index in [1.54, 1.807) is 11.3 Å². The molecule has 0 spiro atoms. The molecule has 4 nitrogen and oxygen atoms in total. The van der Waals surface area contributed by atoms with Crippen LogP contribution >= 0.6 is 11.3 Å². The predicted molar refractivity (Wildman–Crippen MR) is 114 cm³/mol. The van der Waals surface area contributed by atoms with Gasteiger partial charge in [-0.2, -0.15) is 0 Å². The number of hydrogen-bond donors (Lipinski definition) is 0. The molecule has 0 aliphatic carbocycles. The lowest BCUT2D eigenvalue weighted by Gasteiger charge is -2.31. The van der Waals surface area contributed by atoms with E-state index >= 15 is 0 Å². The van der Waals surface area contributed by atoms with Crippen LogP contribution in [0.4, 0.5) is 0 Å². The molecule has 3 aromatic rings. The molecule has 0 N–H and O–H groups in total. The number of rotatable bonds is 5. The van der Waals surface area contributed by atoms with E-state index in [0.717, 1.165) is 59.9 Å². The fraction of sp³-hybridized carbons (Fsp3) is 0.348. The highest BCUT2D eigenvalue weighted by atomic mass is 32.1. The number of likely N-dealkylation sites (tertiary alicyclic amines) is 1. The lowest BCUT2D eigenvalue weighted by atomic mass is 9.92. The Balaban J connectivity index is 1.42. The van der Waals surface area contributed by atoms with E-state index in [1.165, 1.54) is 5.56 Å². The van der Waals surface area contributed by atoms with Crippen LogP contribution in [0.1, 0.15) is 39.2 Å². The number of nitrogens with zero attached hydrogens (tertiary/aromatic N) is 3. The standard InChI is InChI=1S/C23H25N3OS/c1-16-6-3-4-8-20(16)23-24-12-18(13-25-23)14-26-10-5-7-19(15-26)21(27)22-17(2)9-11-28-22/h3-4,6,8-9,11-13,19H,5,7,10,14-15H2,1-2H3. The third kappa shape index (κ3) is 4.05. The van der Waals surface area contributed by atoms with E-state index in [9.17, 15) is 4.79 Å². The number of thiophene rings is 1. The van der Waals surface area contributed by atoms with Crippen LogP contribution in [0, 0.1) is 19.8 Å². The van der Waals surface area contributed by atoms with Crippen molar-refractivity contribution in [2.75, 3.05) is 13.1 Å². The van der Waals surface area contributed by atoms with Crippen molar-refractivity contribution >= 4 is 17.1 Å². The lowest BCUT2D eigenvalue weighted by Crippen LogP contribution is -2.38. The fourth-order valence-corrected chi connectivity index (χ4v) is 4.83. The number of piperidine rings is 1. The van der Waals surface area contributed by atoms with Crippen molar-refractivity contribution in [3.05, 3.63) is 69.7 Å². The van der Waals surface area contributed by atoms with Crippen LogP contribution in [0.2, 0.25) is 0 Å². The Morgan fingerprint density at radius 1 is 1.14 bits per heavy atom.